The van der Waals surface area contributed by atoms with E-state index in [2.05, 4.69) is 0 Å². The minimum absolute atomic E-state index is 0.137. The molecule has 0 unspecified atom stereocenters. The highest BCUT2D eigenvalue weighted by Crippen LogP contribution is 2.20. The molecule has 0 aliphatic heterocycles. The topological polar surface area (TPSA) is 88.5 Å². The summed E-state index contributed by atoms with van der Waals surface area (Å²) in [5.74, 6) is -0.447. The molecule has 0 amide bonds. The van der Waals surface area contributed by atoms with Crippen LogP contribution in [-0.4, -0.2) is 21.9 Å². The molecule has 0 heterocycles. The van der Waals surface area contributed by atoms with Crippen molar-refractivity contribution >= 4 is 21.4 Å². The highest BCUT2D eigenvalue weighted by molar-refractivity contribution is 7.73. The number of hydrogen-bond donors (Lipinski definition) is 3. The summed E-state index contributed by atoms with van der Waals surface area (Å²) < 4.78 is 41.8. The molecule has 0 spiro atoms. The molecule has 1 aromatic rings. The van der Waals surface area contributed by atoms with Crippen molar-refractivity contribution in [2.24, 2.45) is 0 Å². The second kappa shape index (κ2) is 3.75. The minimum atomic E-state index is -2.97. The van der Waals surface area contributed by atoms with E-state index in [-0.39, 0.29) is 9.79 Å². The quantitative estimate of drug-likeness (QED) is 0.578. The van der Waals surface area contributed by atoms with E-state index in [4.69, 9.17) is 5.11 Å². The van der Waals surface area contributed by atoms with E-state index in [1.54, 1.807) is 0 Å². The normalized spacial score (nSPS) is 10.9. The van der Waals surface area contributed by atoms with Crippen LogP contribution in [-0.2, 0) is 21.4 Å². The number of thiol groups is 2. The first kappa shape index (κ1) is 10.0. The third-order valence-electron chi connectivity index (χ3n) is 1.37. The number of benzene rings is 1. The van der Waals surface area contributed by atoms with Crippen LogP contribution in [0.1, 0.15) is 0 Å². The lowest BCUT2D eigenvalue weighted by atomic mass is 10.3. The molecular weight excluding hydrogens is 216 g/mol. The Morgan fingerprint density at radius 2 is 1.62 bits per heavy atom. The van der Waals surface area contributed by atoms with Gasteiger partial charge in [0.25, 0.3) is 0 Å². The van der Waals surface area contributed by atoms with Crippen LogP contribution in [0, 0.1) is 0 Å². The molecule has 1 rings (SSSR count). The monoisotopic (exact) mass is 222 g/mol. The molecule has 0 atom stereocenters. The van der Waals surface area contributed by atoms with Gasteiger partial charge >= 0.3 is 0 Å². The standard InChI is InChI=1S/C6H6O5S2/c7-5-2-1-4(12(8)9)3-6(5)13(10)11/h1-3,7,12-13H. The molecule has 5 nitrogen and oxygen atoms in total. The van der Waals surface area contributed by atoms with E-state index in [1.807, 2.05) is 0 Å². The predicted molar refractivity (Wildman–Crippen MR) is 45.3 cm³/mol. The molecule has 0 aromatic heterocycles. The van der Waals surface area contributed by atoms with Crippen molar-refractivity contribution in [2.45, 2.75) is 9.79 Å². The largest absolute Gasteiger partial charge is 0.507 e. The van der Waals surface area contributed by atoms with E-state index in [9.17, 15) is 16.8 Å². The molecule has 0 aliphatic carbocycles. The van der Waals surface area contributed by atoms with Gasteiger partial charge in [-0.05, 0) is 18.2 Å². The summed E-state index contributed by atoms with van der Waals surface area (Å²) in [7, 11) is -5.80. The molecule has 0 aliphatic rings. The SMILES string of the molecule is O=[SH](=O)c1ccc(O)c([SH](=O)=O)c1. The summed E-state index contributed by atoms with van der Waals surface area (Å²) in [5, 5.41) is 9.01. The maximum absolute atomic E-state index is 10.5. The van der Waals surface area contributed by atoms with Crippen LogP contribution in [0.5, 0.6) is 5.75 Å². The summed E-state index contributed by atoms with van der Waals surface area (Å²) in [4.78, 5) is -0.520. The minimum Gasteiger partial charge on any atom is -0.507 e. The van der Waals surface area contributed by atoms with Crippen LogP contribution in [0.3, 0.4) is 0 Å². The fourth-order valence-corrected chi connectivity index (χ4v) is 1.81. The van der Waals surface area contributed by atoms with Gasteiger partial charge in [0.1, 0.15) is 10.6 Å². The zero-order chi connectivity index (χ0) is 10.0. The van der Waals surface area contributed by atoms with Crippen molar-refractivity contribution in [1.82, 2.24) is 0 Å². The molecule has 0 fully saturated rings. The van der Waals surface area contributed by atoms with Crippen molar-refractivity contribution in [2.75, 3.05) is 0 Å². The second-order valence-electron chi connectivity index (χ2n) is 2.19. The van der Waals surface area contributed by atoms with Crippen LogP contribution < -0.4 is 0 Å². The van der Waals surface area contributed by atoms with Gasteiger partial charge in [0.15, 0.2) is 21.4 Å². The van der Waals surface area contributed by atoms with Crippen LogP contribution >= 0.6 is 0 Å². The molecule has 0 saturated carbocycles. The highest BCUT2D eigenvalue weighted by Gasteiger charge is 2.05. The number of phenolic OH excluding ortho intramolecular Hbond substituents is 1. The Kier molecular flexibility index (Phi) is 2.89. The summed E-state index contributed by atoms with van der Waals surface area (Å²) in [5.41, 5.74) is 0. The number of hydrogen-bond acceptors (Lipinski definition) is 5. The van der Waals surface area contributed by atoms with Crippen LogP contribution in [0.2, 0.25) is 0 Å². The zero-order valence-corrected chi connectivity index (χ0v) is 8.00. The van der Waals surface area contributed by atoms with Crippen molar-refractivity contribution in [1.29, 1.82) is 0 Å². The lowest BCUT2D eigenvalue weighted by Crippen LogP contribution is -1.86. The molecule has 0 radical (unpaired) electrons. The fraction of sp³-hybridized carbons (Fsp3) is 0. The molecule has 0 bridgehead atoms. The first-order chi connectivity index (χ1) is 6.02. The van der Waals surface area contributed by atoms with E-state index in [1.165, 1.54) is 0 Å². The van der Waals surface area contributed by atoms with Crippen molar-refractivity contribution in [3.8, 4) is 5.75 Å². The Hall–Kier alpha value is -1.08. The van der Waals surface area contributed by atoms with E-state index in [0.717, 1.165) is 18.2 Å². The van der Waals surface area contributed by atoms with Crippen molar-refractivity contribution in [3.05, 3.63) is 18.2 Å². The van der Waals surface area contributed by atoms with Gasteiger partial charge in [-0.25, -0.2) is 16.8 Å². The van der Waals surface area contributed by atoms with E-state index >= 15 is 0 Å². The average molecular weight is 222 g/mol. The lowest BCUT2D eigenvalue weighted by Gasteiger charge is -1.96. The Morgan fingerprint density at radius 1 is 1.00 bits per heavy atom. The predicted octanol–water partition coefficient (Wildman–Crippen LogP) is -0.667. The third-order valence-corrected chi connectivity index (χ3v) is 2.82. The van der Waals surface area contributed by atoms with Gasteiger partial charge in [0, 0.05) is 0 Å². The fourth-order valence-electron chi connectivity index (χ4n) is 0.772. The highest BCUT2D eigenvalue weighted by atomic mass is 32.2. The van der Waals surface area contributed by atoms with Crippen LogP contribution in [0.4, 0.5) is 0 Å². The summed E-state index contributed by atoms with van der Waals surface area (Å²) in [6, 6.07) is 3.07. The van der Waals surface area contributed by atoms with Crippen molar-refractivity contribution < 1.29 is 21.9 Å². The van der Waals surface area contributed by atoms with Crippen LogP contribution in [0.25, 0.3) is 0 Å². The molecule has 7 heteroatoms. The molecule has 1 N–H and O–H groups in total. The molecule has 13 heavy (non-hydrogen) atoms. The molecule has 72 valence electrons. The van der Waals surface area contributed by atoms with Crippen LogP contribution in [0.15, 0.2) is 28.0 Å². The van der Waals surface area contributed by atoms with Gasteiger partial charge in [-0.1, -0.05) is 0 Å². The Labute approximate surface area is 77.5 Å². The first-order valence-corrected chi connectivity index (χ1v) is 5.49. The Bertz CT molecular complexity index is 456. The van der Waals surface area contributed by atoms with Gasteiger partial charge in [-0.15, -0.1) is 0 Å². The Morgan fingerprint density at radius 3 is 2.08 bits per heavy atom. The number of phenols is 1. The summed E-state index contributed by atoms with van der Waals surface area (Å²) in [6.07, 6.45) is 0. The summed E-state index contributed by atoms with van der Waals surface area (Å²) >= 11 is 0. The van der Waals surface area contributed by atoms with Gasteiger partial charge in [-0.2, -0.15) is 0 Å². The van der Waals surface area contributed by atoms with Gasteiger partial charge < -0.3 is 5.11 Å². The van der Waals surface area contributed by atoms with Gasteiger partial charge in [0.2, 0.25) is 0 Å². The number of rotatable bonds is 2. The lowest BCUT2D eigenvalue weighted by molar-refractivity contribution is 0.459. The Balaban J connectivity index is 3.43. The molecular formula is C6H6O5S2. The van der Waals surface area contributed by atoms with E-state index < -0.39 is 27.2 Å². The maximum Gasteiger partial charge on any atom is 0.171 e. The molecule has 0 saturated heterocycles. The maximum atomic E-state index is 10.5. The molecule has 1 aromatic carbocycles. The second-order valence-corrected chi connectivity index (χ2v) is 4.21. The van der Waals surface area contributed by atoms with Gasteiger partial charge in [0.05, 0.1) is 4.90 Å². The van der Waals surface area contributed by atoms with Crippen molar-refractivity contribution in [3.63, 3.8) is 0 Å². The average Bonchev–Trinajstić information content (AvgIpc) is 2.04. The third kappa shape index (κ3) is 2.19. The van der Waals surface area contributed by atoms with E-state index in [0.29, 0.717) is 0 Å². The van der Waals surface area contributed by atoms with Gasteiger partial charge in [-0.3, -0.25) is 0 Å². The zero-order valence-electron chi connectivity index (χ0n) is 6.21. The first-order valence-electron chi connectivity index (χ1n) is 3.14. The smallest absolute Gasteiger partial charge is 0.171 e. The summed E-state index contributed by atoms with van der Waals surface area (Å²) in [6.45, 7) is 0. The number of aromatic hydroxyl groups is 1.